The van der Waals surface area contributed by atoms with E-state index in [9.17, 15) is 4.79 Å². The summed E-state index contributed by atoms with van der Waals surface area (Å²) in [5.41, 5.74) is 3.35. The van der Waals surface area contributed by atoms with Crippen LogP contribution < -0.4 is 4.74 Å². The zero-order valence-electron chi connectivity index (χ0n) is 14.5. The first-order chi connectivity index (χ1) is 12.8. The van der Waals surface area contributed by atoms with Gasteiger partial charge in [-0.05, 0) is 22.6 Å². The highest BCUT2D eigenvalue weighted by Gasteiger charge is 2.16. The number of carbonyl (C=O) groups excluding carboxylic acids is 1. The molecule has 0 saturated carbocycles. The van der Waals surface area contributed by atoms with Gasteiger partial charge < -0.3 is 4.74 Å². The average molecular weight is 338 g/mol. The Morgan fingerprint density at radius 2 is 1.31 bits per heavy atom. The molecule has 4 rings (SSSR count). The highest BCUT2D eigenvalue weighted by atomic mass is 16.5. The SMILES string of the molecule is COc1ccc(-c2ccccc2C(=O)c2ccccc2)c2ccccc12. The lowest BCUT2D eigenvalue weighted by Crippen LogP contribution is -2.03. The number of hydrogen-bond donors (Lipinski definition) is 0. The predicted octanol–water partition coefficient (Wildman–Crippen LogP) is 5.75. The smallest absolute Gasteiger partial charge is 0.193 e. The number of fused-ring (bicyclic) bond motifs is 1. The predicted molar refractivity (Wildman–Crippen MR) is 106 cm³/mol. The molecule has 0 heterocycles. The van der Waals surface area contributed by atoms with Crippen molar-refractivity contribution in [3.63, 3.8) is 0 Å². The molecule has 26 heavy (non-hydrogen) atoms. The van der Waals surface area contributed by atoms with E-state index in [0.29, 0.717) is 11.1 Å². The van der Waals surface area contributed by atoms with Crippen molar-refractivity contribution in [2.75, 3.05) is 7.11 Å². The molecule has 0 aliphatic heterocycles. The molecular formula is C24H18O2. The molecule has 4 aromatic carbocycles. The van der Waals surface area contributed by atoms with Gasteiger partial charge in [-0.1, -0.05) is 84.9 Å². The van der Waals surface area contributed by atoms with Crippen molar-refractivity contribution in [3.8, 4) is 16.9 Å². The van der Waals surface area contributed by atoms with Crippen molar-refractivity contribution in [3.05, 3.63) is 102 Å². The van der Waals surface area contributed by atoms with Gasteiger partial charge in [0.05, 0.1) is 7.11 Å². The lowest BCUT2D eigenvalue weighted by atomic mass is 9.91. The highest BCUT2D eigenvalue weighted by molar-refractivity contribution is 6.14. The number of ether oxygens (including phenoxy) is 1. The van der Waals surface area contributed by atoms with Gasteiger partial charge in [0.1, 0.15) is 5.75 Å². The van der Waals surface area contributed by atoms with Gasteiger partial charge >= 0.3 is 0 Å². The van der Waals surface area contributed by atoms with Gasteiger partial charge in [-0.3, -0.25) is 4.79 Å². The first-order valence-electron chi connectivity index (χ1n) is 8.54. The minimum atomic E-state index is 0.0288. The third-order valence-corrected chi connectivity index (χ3v) is 4.60. The highest BCUT2D eigenvalue weighted by Crippen LogP contribution is 2.36. The summed E-state index contributed by atoms with van der Waals surface area (Å²) in [6.45, 7) is 0. The molecule has 0 aliphatic carbocycles. The van der Waals surface area contributed by atoms with E-state index in [2.05, 4.69) is 6.07 Å². The van der Waals surface area contributed by atoms with Crippen LogP contribution in [0, 0.1) is 0 Å². The van der Waals surface area contributed by atoms with Gasteiger partial charge in [-0.15, -0.1) is 0 Å². The van der Waals surface area contributed by atoms with Crippen molar-refractivity contribution in [1.82, 2.24) is 0 Å². The molecule has 0 saturated heterocycles. The Hall–Kier alpha value is -3.39. The summed E-state index contributed by atoms with van der Waals surface area (Å²) in [5, 5.41) is 2.11. The topological polar surface area (TPSA) is 26.3 Å². The van der Waals surface area contributed by atoms with Gasteiger partial charge in [-0.2, -0.15) is 0 Å². The number of benzene rings is 4. The van der Waals surface area contributed by atoms with Crippen LogP contribution in [0.25, 0.3) is 21.9 Å². The third-order valence-electron chi connectivity index (χ3n) is 4.60. The number of carbonyl (C=O) groups is 1. The molecule has 0 aromatic heterocycles. The molecule has 0 unspecified atom stereocenters. The molecule has 0 atom stereocenters. The van der Waals surface area contributed by atoms with Crippen LogP contribution in [0.3, 0.4) is 0 Å². The Labute approximate surface area is 152 Å². The average Bonchev–Trinajstić information content (AvgIpc) is 2.73. The first kappa shape index (κ1) is 16.1. The summed E-state index contributed by atoms with van der Waals surface area (Å²) in [5.74, 6) is 0.859. The Morgan fingerprint density at radius 1 is 0.654 bits per heavy atom. The zero-order chi connectivity index (χ0) is 17.9. The molecule has 2 nitrogen and oxygen atoms in total. The normalized spacial score (nSPS) is 10.7. The Kier molecular flexibility index (Phi) is 4.24. The maximum absolute atomic E-state index is 13.1. The summed E-state index contributed by atoms with van der Waals surface area (Å²) in [4.78, 5) is 13.1. The van der Waals surface area contributed by atoms with Crippen LogP contribution in [0.1, 0.15) is 15.9 Å². The van der Waals surface area contributed by atoms with E-state index in [0.717, 1.165) is 27.6 Å². The maximum Gasteiger partial charge on any atom is 0.193 e. The van der Waals surface area contributed by atoms with Gasteiger partial charge in [0.15, 0.2) is 5.78 Å². The quantitative estimate of drug-likeness (QED) is 0.443. The largest absolute Gasteiger partial charge is 0.496 e. The maximum atomic E-state index is 13.1. The second kappa shape index (κ2) is 6.85. The fourth-order valence-electron chi connectivity index (χ4n) is 3.35. The van der Waals surface area contributed by atoms with Gasteiger partial charge in [0, 0.05) is 16.5 Å². The Bertz CT molecular complexity index is 1080. The number of hydrogen-bond acceptors (Lipinski definition) is 2. The van der Waals surface area contributed by atoms with E-state index >= 15 is 0 Å². The second-order valence-electron chi connectivity index (χ2n) is 6.10. The number of rotatable bonds is 4. The lowest BCUT2D eigenvalue weighted by Gasteiger charge is -2.14. The Morgan fingerprint density at radius 3 is 2.08 bits per heavy atom. The molecule has 4 aromatic rings. The van der Waals surface area contributed by atoms with Crippen molar-refractivity contribution in [2.45, 2.75) is 0 Å². The van der Waals surface area contributed by atoms with Crippen LogP contribution in [-0.4, -0.2) is 12.9 Å². The first-order valence-corrected chi connectivity index (χ1v) is 8.54. The van der Waals surface area contributed by atoms with Crippen LogP contribution in [0.5, 0.6) is 5.75 Å². The van der Waals surface area contributed by atoms with E-state index in [1.54, 1.807) is 7.11 Å². The van der Waals surface area contributed by atoms with Gasteiger partial charge in [0.25, 0.3) is 0 Å². The van der Waals surface area contributed by atoms with Gasteiger partial charge in [-0.25, -0.2) is 0 Å². The van der Waals surface area contributed by atoms with E-state index in [1.807, 2.05) is 84.9 Å². The summed E-state index contributed by atoms with van der Waals surface area (Å²) >= 11 is 0. The van der Waals surface area contributed by atoms with Crippen molar-refractivity contribution >= 4 is 16.6 Å². The van der Waals surface area contributed by atoms with Crippen LogP contribution in [0.2, 0.25) is 0 Å². The molecule has 0 bridgehead atoms. The molecule has 0 amide bonds. The van der Waals surface area contributed by atoms with Crippen molar-refractivity contribution < 1.29 is 9.53 Å². The van der Waals surface area contributed by atoms with Crippen LogP contribution >= 0.6 is 0 Å². The minimum Gasteiger partial charge on any atom is -0.496 e. The number of ketones is 1. The molecule has 126 valence electrons. The summed E-state index contributed by atoms with van der Waals surface area (Å²) < 4.78 is 5.50. The Balaban J connectivity index is 1.94. The standard InChI is InChI=1S/C24H18O2/c1-26-23-16-15-20(18-11-5-7-13-21(18)23)19-12-6-8-14-22(19)24(25)17-9-3-2-4-10-17/h2-16H,1H3. The van der Waals surface area contributed by atoms with Crippen molar-refractivity contribution in [1.29, 1.82) is 0 Å². The summed E-state index contributed by atoms with van der Waals surface area (Å²) in [6, 6.07) is 29.3. The molecular weight excluding hydrogens is 320 g/mol. The van der Waals surface area contributed by atoms with Crippen LogP contribution in [0.15, 0.2) is 91.0 Å². The molecule has 0 spiro atoms. The van der Waals surface area contributed by atoms with E-state index in [-0.39, 0.29) is 5.78 Å². The second-order valence-corrected chi connectivity index (χ2v) is 6.10. The van der Waals surface area contributed by atoms with Gasteiger partial charge in [0.2, 0.25) is 0 Å². The third kappa shape index (κ3) is 2.76. The molecule has 0 radical (unpaired) electrons. The fraction of sp³-hybridized carbons (Fsp3) is 0.0417. The van der Waals surface area contributed by atoms with Crippen LogP contribution in [-0.2, 0) is 0 Å². The fourth-order valence-corrected chi connectivity index (χ4v) is 3.35. The van der Waals surface area contributed by atoms with E-state index in [4.69, 9.17) is 4.74 Å². The molecule has 0 fully saturated rings. The molecule has 2 heteroatoms. The number of methoxy groups -OCH3 is 1. The van der Waals surface area contributed by atoms with Crippen molar-refractivity contribution in [2.24, 2.45) is 0 Å². The van der Waals surface area contributed by atoms with E-state index < -0.39 is 0 Å². The van der Waals surface area contributed by atoms with E-state index in [1.165, 1.54) is 0 Å². The monoisotopic (exact) mass is 338 g/mol. The van der Waals surface area contributed by atoms with Crippen LogP contribution in [0.4, 0.5) is 0 Å². The molecule has 0 N–H and O–H groups in total. The summed E-state index contributed by atoms with van der Waals surface area (Å²) in [7, 11) is 1.67. The lowest BCUT2D eigenvalue weighted by molar-refractivity contribution is 0.103. The minimum absolute atomic E-state index is 0.0288. The molecule has 0 aliphatic rings. The summed E-state index contributed by atoms with van der Waals surface area (Å²) in [6.07, 6.45) is 0. The zero-order valence-corrected chi connectivity index (χ0v) is 14.5.